The Morgan fingerprint density at radius 3 is 2.90 bits per heavy atom. The molecule has 0 fully saturated rings. The van der Waals surface area contributed by atoms with Crippen LogP contribution in [0.4, 0.5) is 4.79 Å². The van der Waals surface area contributed by atoms with E-state index in [1.165, 1.54) is 27.4 Å². The maximum absolute atomic E-state index is 11.9. The van der Waals surface area contributed by atoms with Crippen LogP contribution in [0.3, 0.4) is 0 Å². The van der Waals surface area contributed by atoms with Gasteiger partial charge in [0.15, 0.2) is 0 Å². The van der Waals surface area contributed by atoms with Gasteiger partial charge in [-0.05, 0) is 31.4 Å². The van der Waals surface area contributed by atoms with E-state index >= 15 is 0 Å². The molecule has 3 rings (SSSR count). The third kappa shape index (κ3) is 2.39. The van der Waals surface area contributed by atoms with Gasteiger partial charge in [0.1, 0.15) is 0 Å². The number of amides is 1. The average Bonchev–Trinajstić information content (AvgIpc) is 2.79. The molecule has 0 aromatic carbocycles. The summed E-state index contributed by atoms with van der Waals surface area (Å²) >= 11 is 1.92. The molecule has 0 aliphatic carbocycles. The minimum atomic E-state index is -0.195. The largest absolute Gasteiger partial charge is 0.450 e. The predicted molar refractivity (Wildman–Crippen MR) is 79.4 cm³/mol. The lowest BCUT2D eigenvalue weighted by Gasteiger charge is -2.18. The first kappa shape index (κ1) is 13.7. The summed E-state index contributed by atoms with van der Waals surface area (Å²) in [5.41, 5.74) is 5.19. The van der Waals surface area contributed by atoms with Gasteiger partial charge in [0, 0.05) is 42.3 Å². The van der Waals surface area contributed by atoms with Crippen molar-refractivity contribution in [3.63, 3.8) is 0 Å². The second kappa shape index (κ2) is 5.64. The van der Waals surface area contributed by atoms with E-state index in [4.69, 9.17) is 9.72 Å². The van der Waals surface area contributed by atoms with Crippen LogP contribution in [0.15, 0.2) is 4.90 Å². The predicted octanol–water partition coefficient (Wildman–Crippen LogP) is 2.60. The number of hydrogen-bond acceptors (Lipinski definition) is 4. The first-order valence-electron chi connectivity index (χ1n) is 7.26. The molecule has 2 aliphatic heterocycles. The van der Waals surface area contributed by atoms with Crippen LogP contribution in [-0.4, -0.2) is 41.4 Å². The molecule has 0 bridgehead atoms. The van der Waals surface area contributed by atoms with Gasteiger partial charge in [-0.15, -0.1) is 11.8 Å². The highest BCUT2D eigenvalue weighted by Crippen LogP contribution is 2.36. The summed E-state index contributed by atoms with van der Waals surface area (Å²) in [5.74, 6) is 1.15. The topological polar surface area (TPSA) is 42.4 Å². The van der Waals surface area contributed by atoms with Gasteiger partial charge in [0.25, 0.3) is 0 Å². The number of hydrogen-bond donors (Lipinski definition) is 0. The van der Waals surface area contributed by atoms with Crippen molar-refractivity contribution >= 4 is 17.9 Å². The molecule has 1 amide bonds. The number of thioether (sulfide) groups is 1. The van der Waals surface area contributed by atoms with Crippen LogP contribution < -0.4 is 0 Å². The summed E-state index contributed by atoms with van der Waals surface area (Å²) < 4.78 is 5.11. The molecular formula is C15H20N2O2S. The van der Waals surface area contributed by atoms with Crippen LogP contribution in [0.2, 0.25) is 0 Å². The van der Waals surface area contributed by atoms with E-state index in [1.807, 2.05) is 23.6 Å². The molecule has 1 aromatic heterocycles. The maximum Gasteiger partial charge on any atom is 0.409 e. The number of aromatic nitrogens is 1. The lowest BCUT2D eigenvalue weighted by Crippen LogP contribution is -2.33. The van der Waals surface area contributed by atoms with Crippen LogP contribution in [0.5, 0.6) is 0 Å². The molecule has 0 unspecified atom stereocenters. The van der Waals surface area contributed by atoms with Crippen molar-refractivity contribution in [2.45, 2.75) is 38.0 Å². The van der Waals surface area contributed by atoms with Gasteiger partial charge in [-0.25, -0.2) is 4.79 Å². The number of rotatable bonds is 1. The summed E-state index contributed by atoms with van der Waals surface area (Å²) in [5, 5.41) is 0. The monoisotopic (exact) mass is 292 g/mol. The minimum Gasteiger partial charge on any atom is -0.450 e. The number of pyridine rings is 1. The Bertz CT molecular complexity index is 545. The quantitative estimate of drug-likeness (QED) is 0.798. The summed E-state index contributed by atoms with van der Waals surface area (Å²) in [6, 6.07) is 0. The second-order valence-corrected chi connectivity index (χ2v) is 6.33. The normalized spacial score (nSPS) is 17.4. The van der Waals surface area contributed by atoms with Crippen LogP contribution in [0, 0.1) is 6.92 Å². The van der Waals surface area contributed by atoms with Crippen molar-refractivity contribution < 1.29 is 9.53 Å². The zero-order valence-electron chi connectivity index (χ0n) is 12.1. The highest BCUT2D eigenvalue weighted by molar-refractivity contribution is 7.99. The molecule has 20 heavy (non-hydrogen) atoms. The number of ether oxygens (including phenoxy) is 1. The Balaban J connectivity index is 1.85. The summed E-state index contributed by atoms with van der Waals surface area (Å²) in [4.78, 5) is 19.9. The lowest BCUT2D eigenvalue weighted by atomic mass is 10.0. The Morgan fingerprint density at radius 1 is 1.30 bits per heavy atom. The van der Waals surface area contributed by atoms with Gasteiger partial charge < -0.3 is 9.64 Å². The van der Waals surface area contributed by atoms with Crippen molar-refractivity contribution in [1.82, 2.24) is 9.88 Å². The Hall–Kier alpha value is -1.23. The number of fused-ring (bicyclic) bond motifs is 2. The first-order valence-corrected chi connectivity index (χ1v) is 8.25. The molecule has 2 aliphatic rings. The molecule has 108 valence electrons. The highest BCUT2D eigenvalue weighted by Gasteiger charge is 2.25. The van der Waals surface area contributed by atoms with Gasteiger partial charge in [-0.1, -0.05) is 0 Å². The molecule has 0 N–H and O–H groups in total. The van der Waals surface area contributed by atoms with Gasteiger partial charge in [0.2, 0.25) is 0 Å². The molecule has 0 saturated heterocycles. The van der Waals surface area contributed by atoms with E-state index < -0.39 is 0 Å². The number of aryl methyl sites for hydroxylation is 1. The number of nitrogens with zero attached hydrogens (tertiary/aromatic N) is 2. The molecule has 3 heterocycles. The van der Waals surface area contributed by atoms with E-state index in [2.05, 4.69) is 6.92 Å². The van der Waals surface area contributed by atoms with Crippen molar-refractivity contribution in [3.05, 3.63) is 22.5 Å². The van der Waals surface area contributed by atoms with E-state index in [0.717, 1.165) is 31.6 Å². The second-order valence-electron chi connectivity index (χ2n) is 5.22. The van der Waals surface area contributed by atoms with E-state index in [9.17, 15) is 4.79 Å². The number of carbonyl (C=O) groups excluding carboxylic acids is 1. The lowest BCUT2D eigenvalue weighted by molar-refractivity contribution is 0.109. The van der Waals surface area contributed by atoms with Crippen molar-refractivity contribution in [2.24, 2.45) is 0 Å². The zero-order chi connectivity index (χ0) is 14.1. The first-order chi connectivity index (χ1) is 9.70. The van der Waals surface area contributed by atoms with Crippen LogP contribution in [0.25, 0.3) is 0 Å². The summed E-state index contributed by atoms with van der Waals surface area (Å²) in [6.45, 7) is 5.93. The molecule has 4 nitrogen and oxygen atoms in total. The van der Waals surface area contributed by atoms with E-state index in [0.29, 0.717) is 13.2 Å². The molecule has 1 aromatic rings. The molecule has 0 spiro atoms. The fourth-order valence-corrected chi connectivity index (χ4v) is 4.15. The minimum absolute atomic E-state index is 0.195. The molecular weight excluding hydrogens is 272 g/mol. The average molecular weight is 292 g/mol. The third-order valence-electron chi connectivity index (χ3n) is 4.04. The van der Waals surface area contributed by atoms with Crippen LogP contribution in [0.1, 0.15) is 29.4 Å². The van der Waals surface area contributed by atoms with Gasteiger partial charge in [-0.3, -0.25) is 4.98 Å². The van der Waals surface area contributed by atoms with Crippen molar-refractivity contribution in [1.29, 1.82) is 0 Å². The summed E-state index contributed by atoms with van der Waals surface area (Å²) in [6.07, 6.45) is 2.61. The standard InChI is InChI=1S/C15H20N2O2S/c1-3-19-15(18)17-7-4-11-10(2)14-13(6-9-20-14)16-12(11)5-8-17/h3-9H2,1-2H3. The fourth-order valence-electron chi connectivity index (χ4n) is 3.00. The Kier molecular flexibility index (Phi) is 3.87. The van der Waals surface area contributed by atoms with Gasteiger partial charge in [0.05, 0.1) is 12.3 Å². The summed E-state index contributed by atoms with van der Waals surface area (Å²) in [7, 11) is 0. The van der Waals surface area contributed by atoms with Gasteiger partial charge in [-0.2, -0.15) is 0 Å². The maximum atomic E-state index is 11.9. The zero-order valence-corrected chi connectivity index (χ0v) is 12.9. The Labute approximate surface area is 123 Å². The van der Waals surface area contributed by atoms with Crippen molar-refractivity contribution in [3.8, 4) is 0 Å². The van der Waals surface area contributed by atoms with Crippen LogP contribution in [-0.2, 0) is 24.0 Å². The SMILES string of the molecule is CCOC(=O)N1CCc2nc3c(c(C)c2CC1)SCC3. The molecule has 0 radical (unpaired) electrons. The van der Waals surface area contributed by atoms with Crippen LogP contribution >= 0.6 is 11.8 Å². The molecule has 0 atom stereocenters. The molecule has 0 saturated carbocycles. The third-order valence-corrected chi connectivity index (χ3v) is 5.27. The van der Waals surface area contributed by atoms with Gasteiger partial charge >= 0.3 is 6.09 Å². The van der Waals surface area contributed by atoms with E-state index in [-0.39, 0.29) is 6.09 Å². The smallest absolute Gasteiger partial charge is 0.409 e. The Morgan fingerprint density at radius 2 is 2.10 bits per heavy atom. The van der Waals surface area contributed by atoms with E-state index in [1.54, 1.807) is 0 Å². The fraction of sp³-hybridized carbons (Fsp3) is 0.600. The highest BCUT2D eigenvalue weighted by atomic mass is 32.2. The van der Waals surface area contributed by atoms with Crippen molar-refractivity contribution in [2.75, 3.05) is 25.4 Å². The molecule has 5 heteroatoms. The number of carbonyl (C=O) groups is 1.